The molecule has 1 aromatic heterocycles. The van der Waals surface area contributed by atoms with Gasteiger partial charge in [-0.15, -0.1) is 0 Å². The average molecular weight is 448 g/mol. The first-order chi connectivity index (χ1) is 14.7. The summed E-state index contributed by atoms with van der Waals surface area (Å²) in [5.74, 6) is 0.185. The van der Waals surface area contributed by atoms with Crippen molar-refractivity contribution in [3.63, 3.8) is 0 Å². The van der Waals surface area contributed by atoms with Gasteiger partial charge in [0.2, 0.25) is 0 Å². The molecule has 0 saturated carbocycles. The van der Waals surface area contributed by atoms with E-state index in [4.69, 9.17) is 13.8 Å². The smallest absolute Gasteiger partial charge is 0.403 e. The standard InChI is InChI=1S/C20H21N2O8P/c1-12-10-22(20(25)21-19(12)24)18-9-15(23)17(29-18)11-28-31(26,27)30-16-8-4-6-13-5-2-3-7-14(13)16/h2-8,10,15,17-18,23H,9,11H2,1H3,(H,26,27)(H,21,24,25)/t15-,17+,18+/m0/s1. The molecule has 164 valence electrons. The van der Waals surface area contributed by atoms with Crippen LogP contribution in [-0.4, -0.2) is 38.4 Å². The van der Waals surface area contributed by atoms with Gasteiger partial charge in [0.1, 0.15) is 18.1 Å². The van der Waals surface area contributed by atoms with Crippen molar-refractivity contribution in [3.8, 4) is 5.75 Å². The van der Waals surface area contributed by atoms with Crippen LogP contribution in [0.2, 0.25) is 0 Å². The molecule has 4 atom stereocenters. The van der Waals surface area contributed by atoms with E-state index in [0.29, 0.717) is 10.9 Å². The first kappa shape index (κ1) is 21.5. The van der Waals surface area contributed by atoms with E-state index in [0.717, 1.165) is 9.95 Å². The number of hydrogen-bond donors (Lipinski definition) is 3. The van der Waals surface area contributed by atoms with Gasteiger partial charge in [-0.2, -0.15) is 0 Å². The summed E-state index contributed by atoms with van der Waals surface area (Å²) >= 11 is 0. The van der Waals surface area contributed by atoms with Crippen molar-refractivity contribution in [2.24, 2.45) is 0 Å². The number of nitrogens with one attached hydrogen (secondary N) is 1. The van der Waals surface area contributed by atoms with Gasteiger partial charge in [-0.05, 0) is 18.4 Å². The zero-order valence-corrected chi connectivity index (χ0v) is 17.4. The number of H-pyrrole nitrogens is 1. The van der Waals surface area contributed by atoms with Crippen LogP contribution in [0, 0.1) is 6.92 Å². The van der Waals surface area contributed by atoms with Crippen LogP contribution in [0.25, 0.3) is 10.8 Å². The minimum absolute atomic E-state index is 0.0410. The number of nitrogens with zero attached hydrogens (tertiary/aromatic N) is 1. The molecule has 0 spiro atoms. The third-order valence-corrected chi connectivity index (χ3v) is 5.93. The van der Waals surface area contributed by atoms with Crippen LogP contribution in [0.4, 0.5) is 0 Å². The van der Waals surface area contributed by atoms with Crippen molar-refractivity contribution in [1.29, 1.82) is 0 Å². The van der Waals surface area contributed by atoms with Crippen LogP contribution in [-0.2, 0) is 13.8 Å². The molecule has 0 amide bonds. The molecular weight excluding hydrogens is 427 g/mol. The summed E-state index contributed by atoms with van der Waals surface area (Å²) < 4.78 is 29.5. The maximum Gasteiger partial charge on any atom is 0.527 e. The Balaban J connectivity index is 1.44. The lowest BCUT2D eigenvalue weighted by molar-refractivity contribution is -0.0447. The van der Waals surface area contributed by atoms with Gasteiger partial charge in [-0.25, -0.2) is 9.36 Å². The molecule has 2 aromatic carbocycles. The van der Waals surface area contributed by atoms with Gasteiger partial charge in [0.05, 0.1) is 12.7 Å². The predicted molar refractivity (Wildman–Crippen MR) is 111 cm³/mol. The van der Waals surface area contributed by atoms with Crippen molar-refractivity contribution >= 4 is 18.6 Å². The fourth-order valence-electron chi connectivity index (χ4n) is 3.43. The van der Waals surface area contributed by atoms with Crippen molar-refractivity contribution < 1.29 is 28.3 Å². The largest absolute Gasteiger partial charge is 0.527 e. The predicted octanol–water partition coefficient (Wildman–Crippen LogP) is 1.84. The number of aryl methyl sites for hydroxylation is 1. The highest BCUT2D eigenvalue weighted by atomic mass is 31.2. The van der Waals surface area contributed by atoms with E-state index in [1.165, 1.54) is 13.1 Å². The third-order valence-electron chi connectivity index (χ3n) is 5.03. The highest BCUT2D eigenvalue weighted by Crippen LogP contribution is 2.46. The van der Waals surface area contributed by atoms with E-state index >= 15 is 0 Å². The van der Waals surface area contributed by atoms with Gasteiger partial charge >= 0.3 is 13.5 Å². The minimum atomic E-state index is -4.52. The second-order valence-electron chi connectivity index (χ2n) is 7.24. The summed E-state index contributed by atoms with van der Waals surface area (Å²) in [6.07, 6.45) is -1.51. The van der Waals surface area contributed by atoms with E-state index < -0.39 is 44.1 Å². The Morgan fingerprint density at radius 3 is 2.77 bits per heavy atom. The SMILES string of the molecule is Cc1cn([C@H]2C[C@H](O)[C@@H](COP(=O)(O)Oc3cccc4ccccc34)O2)c(=O)[nH]c1=O. The number of benzene rings is 2. The Hall–Kier alpha value is -2.75. The molecule has 0 radical (unpaired) electrons. The molecule has 11 heteroatoms. The highest BCUT2D eigenvalue weighted by molar-refractivity contribution is 7.47. The van der Waals surface area contributed by atoms with Crippen LogP contribution in [0.3, 0.4) is 0 Å². The van der Waals surface area contributed by atoms with Crippen molar-refractivity contribution in [2.45, 2.75) is 31.8 Å². The number of aromatic amines is 1. The first-order valence-electron chi connectivity index (χ1n) is 9.54. The number of phosphoric acid groups is 1. The molecule has 2 heterocycles. The van der Waals surface area contributed by atoms with Crippen LogP contribution < -0.4 is 15.8 Å². The van der Waals surface area contributed by atoms with Crippen LogP contribution in [0.5, 0.6) is 5.75 Å². The Morgan fingerprint density at radius 2 is 1.97 bits per heavy atom. The molecular formula is C20H21N2O8P. The fourth-order valence-corrected chi connectivity index (χ4v) is 4.23. The van der Waals surface area contributed by atoms with Gasteiger partial charge < -0.3 is 14.4 Å². The summed E-state index contributed by atoms with van der Waals surface area (Å²) in [4.78, 5) is 35.9. The minimum Gasteiger partial charge on any atom is -0.403 e. The first-order valence-corrected chi connectivity index (χ1v) is 11.0. The molecule has 10 nitrogen and oxygen atoms in total. The third kappa shape index (κ3) is 4.63. The van der Waals surface area contributed by atoms with Gasteiger partial charge in [0.15, 0.2) is 0 Å². The number of aromatic nitrogens is 2. The van der Waals surface area contributed by atoms with E-state index in [2.05, 4.69) is 4.98 Å². The Bertz CT molecular complexity index is 1260. The molecule has 3 N–H and O–H groups in total. The monoisotopic (exact) mass is 448 g/mol. The molecule has 1 aliphatic rings. The number of hydrogen-bond acceptors (Lipinski definition) is 7. The van der Waals surface area contributed by atoms with Crippen molar-refractivity contribution in [3.05, 3.63) is 75.1 Å². The molecule has 31 heavy (non-hydrogen) atoms. The molecule has 0 aliphatic carbocycles. The summed E-state index contributed by atoms with van der Waals surface area (Å²) in [6, 6.07) is 12.3. The van der Waals surface area contributed by atoms with E-state index in [9.17, 15) is 24.2 Å². The summed E-state index contributed by atoms with van der Waals surface area (Å²) in [7, 11) is -4.52. The summed E-state index contributed by atoms with van der Waals surface area (Å²) in [5.41, 5.74) is -0.881. The van der Waals surface area contributed by atoms with Gasteiger partial charge in [0, 0.05) is 23.6 Å². The maximum atomic E-state index is 12.5. The average Bonchev–Trinajstić information content (AvgIpc) is 3.10. The second-order valence-corrected chi connectivity index (χ2v) is 8.62. The van der Waals surface area contributed by atoms with Gasteiger partial charge in [-0.3, -0.25) is 23.8 Å². The van der Waals surface area contributed by atoms with Crippen molar-refractivity contribution in [1.82, 2.24) is 9.55 Å². The number of phosphoric ester groups is 1. The van der Waals surface area contributed by atoms with E-state index in [-0.39, 0.29) is 12.2 Å². The fraction of sp³-hybridized carbons (Fsp3) is 0.300. The molecule has 1 aliphatic heterocycles. The number of fused-ring (bicyclic) bond motifs is 1. The molecule has 4 rings (SSSR count). The topological polar surface area (TPSA) is 140 Å². The zero-order valence-electron chi connectivity index (χ0n) is 16.5. The molecule has 1 unspecified atom stereocenters. The van der Waals surface area contributed by atoms with Gasteiger partial charge in [0.25, 0.3) is 5.56 Å². The molecule has 3 aromatic rings. The van der Waals surface area contributed by atoms with Crippen molar-refractivity contribution in [2.75, 3.05) is 6.61 Å². The lowest BCUT2D eigenvalue weighted by atomic mass is 10.1. The Labute approximate surface area is 176 Å². The van der Waals surface area contributed by atoms with Crippen LogP contribution >= 0.6 is 7.82 Å². The number of rotatable bonds is 6. The number of aliphatic hydroxyl groups is 1. The Morgan fingerprint density at radius 1 is 1.23 bits per heavy atom. The Kier molecular flexibility index (Phi) is 5.83. The second kappa shape index (κ2) is 8.41. The molecule has 1 fully saturated rings. The van der Waals surface area contributed by atoms with E-state index in [1.54, 1.807) is 24.3 Å². The normalized spacial score (nSPS) is 23.0. The van der Waals surface area contributed by atoms with Crippen LogP contribution in [0.15, 0.2) is 58.3 Å². The summed E-state index contributed by atoms with van der Waals surface area (Å²) in [5, 5.41) is 11.7. The maximum absolute atomic E-state index is 12.5. The summed E-state index contributed by atoms with van der Waals surface area (Å²) in [6.45, 7) is 1.10. The van der Waals surface area contributed by atoms with Crippen LogP contribution in [0.1, 0.15) is 18.2 Å². The lowest BCUT2D eigenvalue weighted by Crippen LogP contribution is -2.33. The zero-order chi connectivity index (χ0) is 22.2. The quantitative estimate of drug-likeness (QED) is 0.486. The van der Waals surface area contributed by atoms with E-state index in [1.807, 2.05) is 18.2 Å². The molecule has 0 bridgehead atoms. The van der Waals surface area contributed by atoms with Gasteiger partial charge in [-0.1, -0.05) is 36.4 Å². The molecule has 1 saturated heterocycles. The number of ether oxygens (including phenoxy) is 1. The lowest BCUT2D eigenvalue weighted by Gasteiger charge is -2.19. The highest BCUT2D eigenvalue weighted by Gasteiger charge is 2.38. The number of aliphatic hydroxyl groups excluding tert-OH is 1.